The lowest BCUT2D eigenvalue weighted by molar-refractivity contribution is -0.0499. The average molecular weight is 346 g/mol. The summed E-state index contributed by atoms with van der Waals surface area (Å²) in [7, 11) is 0. The number of carbonyl (C=O) groups excluding carboxylic acids is 1. The van der Waals surface area contributed by atoms with Crippen LogP contribution in [0.2, 0.25) is 0 Å². The number of amides is 1. The van der Waals surface area contributed by atoms with Gasteiger partial charge in [-0.3, -0.25) is 9.78 Å². The molecule has 6 heteroatoms. The Bertz CT molecular complexity index is 765. The maximum Gasteiger partial charge on any atom is 0.387 e. The molecule has 2 aromatic rings. The maximum absolute atomic E-state index is 12.7. The first-order valence-corrected chi connectivity index (χ1v) is 8.40. The minimum absolute atomic E-state index is 0.130. The number of fused-ring (bicyclic) bond motifs is 1. The molecule has 1 aliphatic rings. The molecule has 1 atom stereocenters. The van der Waals surface area contributed by atoms with Gasteiger partial charge in [0.15, 0.2) is 0 Å². The highest BCUT2D eigenvalue weighted by Crippen LogP contribution is 2.33. The number of hydrogen-bond donors (Lipinski definition) is 1. The quantitative estimate of drug-likeness (QED) is 0.888. The highest BCUT2D eigenvalue weighted by atomic mass is 19.3. The van der Waals surface area contributed by atoms with E-state index in [1.165, 1.54) is 6.07 Å². The fraction of sp³-hybridized carbons (Fsp3) is 0.368. The number of nitrogens with zero attached hydrogens (tertiary/aromatic N) is 1. The first kappa shape index (κ1) is 17.3. The second-order valence-electron chi connectivity index (χ2n) is 6.04. The zero-order valence-corrected chi connectivity index (χ0v) is 14.0. The predicted molar refractivity (Wildman–Crippen MR) is 89.8 cm³/mol. The number of aromatic nitrogens is 1. The molecule has 132 valence electrons. The zero-order valence-electron chi connectivity index (χ0n) is 14.0. The van der Waals surface area contributed by atoms with Gasteiger partial charge in [-0.05, 0) is 60.6 Å². The molecule has 1 heterocycles. The normalized spacial score (nSPS) is 16.4. The van der Waals surface area contributed by atoms with Crippen molar-refractivity contribution < 1.29 is 18.3 Å². The van der Waals surface area contributed by atoms with Crippen LogP contribution in [0, 0.1) is 0 Å². The summed E-state index contributed by atoms with van der Waals surface area (Å²) >= 11 is 0. The number of ether oxygens (including phenoxy) is 1. The summed E-state index contributed by atoms with van der Waals surface area (Å²) in [6, 6.07) is 6.53. The van der Waals surface area contributed by atoms with Crippen LogP contribution >= 0.6 is 0 Å². The molecule has 0 radical (unpaired) electrons. The van der Waals surface area contributed by atoms with E-state index in [-0.39, 0.29) is 17.7 Å². The Kier molecular flexibility index (Phi) is 5.26. The van der Waals surface area contributed by atoms with E-state index in [1.807, 2.05) is 6.92 Å². The molecular formula is C19H20F2N2O2. The van der Waals surface area contributed by atoms with Crippen molar-refractivity contribution in [3.63, 3.8) is 0 Å². The summed E-state index contributed by atoms with van der Waals surface area (Å²) in [4.78, 5) is 16.7. The second-order valence-corrected chi connectivity index (χ2v) is 6.04. The van der Waals surface area contributed by atoms with Crippen LogP contribution in [0.1, 0.15) is 52.9 Å². The molecule has 0 saturated carbocycles. The number of halogens is 2. The number of pyridine rings is 1. The monoisotopic (exact) mass is 346 g/mol. The lowest BCUT2D eigenvalue weighted by Gasteiger charge is -2.27. The predicted octanol–water partition coefficient (Wildman–Crippen LogP) is 4.05. The Morgan fingerprint density at radius 3 is 3.00 bits per heavy atom. The van der Waals surface area contributed by atoms with Crippen LogP contribution in [0.25, 0.3) is 0 Å². The van der Waals surface area contributed by atoms with Crippen LogP contribution in [0.5, 0.6) is 5.75 Å². The summed E-state index contributed by atoms with van der Waals surface area (Å²) in [6.07, 6.45) is 6.53. The molecule has 0 spiro atoms. The van der Waals surface area contributed by atoms with E-state index in [0.29, 0.717) is 5.56 Å². The van der Waals surface area contributed by atoms with Crippen LogP contribution in [-0.2, 0) is 12.8 Å². The Morgan fingerprint density at radius 2 is 2.24 bits per heavy atom. The van der Waals surface area contributed by atoms with Gasteiger partial charge in [0.1, 0.15) is 5.75 Å². The lowest BCUT2D eigenvalue weighted by atomic mass is 9.87. The summed E-state index contributed by atoms with van der Waals surface area (Å²) in [5.74, 6) is 0.0214. The van der Waals surface area contributed by atoms with Crippen molar-refractivity contribution in [2.45, 2.75) is 45.3 Å². The Balaban J connectivity index is 1.80. The van der Waals surface area contributed by atoms with Crippen LogP contribution in [0.4, 0.5) is 8.78 Å². The van der Waals surface area contributed by atoms with Gasteiger partial charge in [-0.25, -0.2) is 0 Å². The van der Waals surface area contributed by atoms with Gasteiger partial charge in [0.25, 0.3) is 5.91 Å². The molecule has 1 unspecified atom stereocenters. The molecule has 0 aliphatic heterocycles. The minimum atomic E-state index is -2.84. The van der Waals surface area contributed by atoms with Gasteiger partial charge in [-0.1, -0.05) is 13.0 Å². The lowest BCUT2D eigenvalue weighted by Crippen LogP contribution is -2.31. The molecule has 0 saturated heterocycles. The Morgan fingerprint density at radius 1 is 1.40 bits per heavy atom. The SMILES string of the molecule is CCc1cnccc1C(=O)NC1CCCc2cc(OC(F)F)ccc21. The number of alkyl halides is 2. The van der Waals surface area contributed by atoms with Crippen LogP contribution in [0.15, 0.2) is 36.7 Å². The largest absolute Gasteiger partial charge is 0.435 e. The molecule has 1 amide bonds. The highest BCUT2D eigenvalue weighted by molar-refractivity contribution is 5.95. The Hall–Kier alpha value is -2.50. The van der Waals surface area contributed by atoms with Gasteiger partial charge >= 0.3 is 6.61 Å². The van der Waals surface area contributed by atoms with Gasteiger partial charge in [0.2, 0.25) is 0 Å². The molecule has 0 bridgehead atoms. The van der Waals surface area contributed by atoms with Crippen LogP contribution in [0.3, 0.4) is 0 Å². The standard InChI is InChI=1S/C19H20F2N2O2/c1-2-12-11-22-9-8-16(12)18(24)23-17-5-3-4-13-10-14(25-19(20)21)6-7-15(13)17/h6-11,17,19H,2-5H2,1H3,(H,23,24). The van der Waals surface area contributed by atoms with Crippen molar-refractivity contribution in [2.75, 3.05) is 0 Å². The highest BCUT2D eigenvalue weighted by Gasteiger charge is 2.23. The van der Waals surface area contributed by atoms with E-state index in [2.05, 4.69) is 15.0 Å². The fourth-order valence-electron chi connectivity index (χ4n) is 3.28. The van der Waals surface area contributed by atoms with Crippen molar-refractivity contribution >= 4 is 5.91 Å². The van der Waals surface area contributed by atoms with E-state index in [4.69, 9.17) is 0 Å². The van der Waals surface area contributed by atoms with Gasteiger partial charge in [0.05, 0.1) is 6.04 Å². The van der Waals surface area contributed by atoms with Crippen LogP contribution in [-0.4, -0.2) is 17.5 Å². The molecule has 1 N–H and O–H groups in total. The molecule has 1 aromatic carbocycles. The Labute approximate surface area is 145 Å². The van der Waals surface area contributed by atoms with Crippen LogP contribution < -0.4 is 10.1 Å². The van der Waals surface area contributed by atoms with Crippen molar-refractivity contribution in [1.82, 2.24) is 10.3 Å². The summed E-state index contributed by atoms with van der Waals surface area (Å²) in [5, 5.41) is 3.07. The van der Waals surface area contributed by atoms with Gasteiger partial charge in [-0.2, -0.15) is 8.78 Å². The smallest absolute Gasteiger partial charge is 0.387 e. The number of nitrogens with one attached hydrogen (secondary N) is 1. The van der Waals surface area contributed by atoms with E-state index in [0.717, 1.165) is 42.4 Å². The third-order valence-electron chi connectivity index (χ3n) is 4.49. The summed E-state index contributed by atoms with van der Waals surface area (Å²) in [6.45, 7) is -0.856. The summed E-state index contributed by atoms with van der Waals surface area (Å²) in [5.41, 5.74) is 3.44. The molecule has 4 nitrogen and oxygen atoms in total. The van der Waals surface area contributed by atoms with Crippen molar-refractivity contribution in [3.8, 4) is 5.75 Å². The molecular weight excluding hydrogens is 326 g/mol. The van der Waals surface area contributed by atoms with E-state index in [9.17, 15) is 13.6 Å². The molecule has 3 rings (SSSR count). The number of aryl methyl sites for hydroxylation is 2. The second kappa shape index (κ2) is 7.59. The van der Waals surface area contributed by atoms with Crippen molar-refractivity contribution in [2.24, 2.45) is 0 Å². The van der Waals surface area contributed by atoms with Gasteiger partial charge in [-0.15, -0.1) is 0 Å². The molecule has 25 heavy (non-hydrogen) atoms. The number of hydrogen-bond acceptors (Lipinski definition) is 3. The fourth-order valence-corrected chi connectivity index (χ4v) is 3.28. The number of carbonyl (C=O) groups is 1. The van der Waals surface area contributed by atoms with Crippen molar-refractivity contribution in [3.05, 3.63) is 58.9 Å². The molecule has 0 fully saturated rings. The number of benzene rings is 1. The minimum Gasteiger partial charge on any atom is -0.435 e. The first-order chi connectivity index (χ1) is 12.1. The van der Waals surface area contributed by atoms with E-state index < -0.39 is 6.61 Å². The average Bonchev–Trinajstić information content (AvgIpc) is 2.61. The molecule has 1 aromatic heterocycles. The van der Waals surface area contributed by atoms with E-state index in [1.54, 1.807) is 30.6 Å². The van der Waals surface area contributed by atoms with Crippen molar-refractivity contribution in [1.29, 1.82) is 0 Å². The van der Waals surface area contributed by atoms with Gasteiger partial charge < -0.3 is 10.1 Å². The first-order valence-electron chi connectivity index (χ1n) is 8.40. The third kappa shape index (κ3) is 3.95. The van der Waals surface area contributed by atoms with Gasteiger partial charge in [0, 0.05) is 18.0 Å². The third-order valence-corrected chi connectivity index (χ3v) is 4.49. The van der Waals surface area contributed by atoms with E-state index >= 15 is 0 Å². The topological polar surface area (TPSA) is 51.2 Å². The number of rotatable bonds is 5. The zero-order chi connectivity index (χ0) is 17.8. The maximum atomic E-state index is 12.7. The molecule has 1 aliphatic carbocycles. The summed E-state index contributed by atoms with van der Waals surface area (Å²) < 4.78 is 29.2.